The van der Waals surface area contributed by atoms with Crippen LogP contribution in [0, 0.1) is 0 Å². The summed E-state index contributed by atoms with van der Waals surface area (Å²) in [4.78, 5) is 26.9. The van der Waals surface area contributed by atoms with Crippen molar-refractivity contribution in [2.24, 2.45) is 0 Å². The van der Waals surface area contributed by atoms with Gasteiger partial charge >= 0.3 is 12.0 Å². The van der Waals surface area contributed by atoms with E-state index >= 15 is 0 Å². The first-order valence-electron chi connectivity index (χ1n) is 7.37. The van der Waals surface area contributed by atoms with Crippen molar-refractivity contribution in [2.75, 3.05) is 20.2 Å². The van der Waals surface area contributed by atoms with Gasteiger partial charge in [-0.2, -0.15) is 0 Å². The molecule has 0 aliphatic carbocycles. The Hall–Kier alpha value is -1.60. The minimum Gasteiger partial charge on any atom is -0.467 e. The lowest BCUT2D eigenvalue weighted by molar-refractivity contribution is -0.164. The monoisotopic (exact) mass is 326 g/mol. The molecule has 6 nitrogen and oxygen atoms in total. The molecule has 1 aliphatic rings. The SMILES string of the molecule is CC[C@@H](NC(=O)N1C[C@@H](C)O[C@@H](C(=O)OC)C1)c1cccs1. The number of rotatable bonds is 4. The predicted molar refractivity (Wildman–Crippen MR) is 83.8 cm³/mol. The van der Waals surface area contributed by atoms with E-state index in [0.29, 0.717) is 6.54 Å². The van der Waals surface area contributed by atoms with Crippen molar-refractivity contribution in [1.82, 2.24) is 10.2 Å². The molecule has 0 spiro atoms. The van der Waals surface area contributed by atoms with E-state index in [1.807, 2.05) is 31.4 Å². The van der Waals surface area contributed by atoms with E-state index < -0.39 is 12.1 Å². The third-order valence-electron chi connectivity index (χ3n) is 3.60. The van der Waals surface area contributed by atoms with Crippen LogP contribution in [0.15, 0.2) is 17.5 Å². The molecule has 1 fully saturated rings. The predicted octanol–water partition coefficient (Wildman–Crippen LogP) is 2.17. The Bertz CT molecular complexity index is 506. The summed E-state index contributed by atoms with van der Waals surface area (Å²) >= 11 is 1.62. The van der Waals surface area contributed by atoms with Gasteiger partial charge in [0.2, 0.25) is 0 Å². The minimum atomic E-state index is -0.721. The molecule has 0 unspecified atom stereocenters. The van der Waals surface area contributed by atoms with Gasteiger partial charge < -0.3 is 19.7 Å². The molecule has 0 aromatic carbocycles. The van der Waals surface area contributed by atoms with Crippen LogP contribution in [0.5, 0.6) is 0 Å². The maximum absolute atomic E-state index is 12.5. The third-order valence-corrected chi connectivity index (χ3v) is 4.59. The lowest BCUT2D eigenvalue weighted by Gasteiger charge is -2.36. The lowest BCUT2D eigenvalue weighted by atomic mass is 10.2. The second-order valence-corrected chi connectivity index (χ2v) is 6.27. The Labute approximate surface area is 134 Å². The summed E-state index contributed by atoms with van der Waals surface area (Å²) in [6.07, 6.45) is -0.112. The number of hydrogen-bond acceptors (Lipinski definition) is 5. The highest BCUT2D eigenvalue weighted by atomic mass is 32.1. The van der Waals surface area contributed by atoms with Crippen LogP contribution in [-0.4, -0.2) is 49.3 Å². The highest BCUT2D eigenvalue weighted by Gasteiger charge is 2.34. The van der Waals surface area contributed by atoms with Gasteiger partial charge in [0.15, 0.2) is 6.10 Å². The molecule has 7 heteroatoms. The van der Waals surface area contributed by atoms with E-state index in [1.165, 1.54) is 7.11 Å². The number of ether oxygens (including phenoxy) is 2. The normalized spacial score (nSPS) is 23.0. The number of nitrogens with one attached hydrogen (secondary N) is 1. The summed E-state index contributed by atoms with van der Waals surface area (Å²) in [6.45, 7) is 4.54. The average Bonchev–Trinajstić information content (AvgIpc) is 3.05. The number of carbonyl (C=O) groups is 2. The van der Waals surface area contributed by atoms with Crippen molar-refractivity contribution in [3.8, 4) is 0 Å². The van der Waals surface area contributed by atoms with Crippen molar-refractivity contribution in [2.45, 2.75) is 38.5 Å². The third kappa shape index (κ3) is 3.98. The van der Waals surface area contributed by atoms with Gasteiger partial charge in [0, 0.05) is 11.4 Å². The molecule has 1 aromatic rings. The van der Waals surface area contributed by atoms with Crippen molar-refractivity contribution >= 4 is 23.3 Å². The molecule has 2 amide bonds. The maximum atomic E-state index is 12.5. The van der Waals surface area contributed by atoms with E-state index in [1.54, 1.807) is 16.2 Å². The maximum Gasteiger partial charge on any atom is 0.336 e. The summed E-state index contributed by atoms with van der Waals surface area (Å²) in [5.41, 5.74) is 0. The van der Waals surface area contributed by atoms with Crippen molar-refractivity contribution in [3.63, 3.8) is 0 Å². The van der Waals surface area contributed by atoms with Gasteiger partial charge in [-0.15, -0.1) is 11.3 Å². The molecule has 3 atom stereocenters. The summed E-state index contributed by atoms with van der Waals surface area (Å²) in [5.74, 6) is -0.449. The fourth-order valence-electron chi connectivity index (χ4n) is 2.48. The van der Waals surface area contributed by atoms with Crippen LogP contribution in [0.3, 0.4) is 0 Å². The van der Waals surface area contributed by atoms with E-state index in [9.17, 15) is 9.59 Å². The van der Waals surface area contributed by atoms with Crippen LogP contribution in [0.2, 0.25) is 0 Å². The molecule has 0 bridgehead atoms. The number of hydrogen-bond donors (Lipinski definition) is 1. The van der Waals surface area contributed by atoms with Crippen LogP contribution < -0.4 is 5.32 Å². The molecule has 2 rings (SSSR count). The fourth-order valence-corrected chi connectivity index (χ4v) is 3.34. The number of esters is 1. The average molecular weight is 326 g/mol. The topological polar surface area (TPSA) is 67.9 Å². The summed E-state index contributed by atoms with van der Waals surface area (Å²) in [5, 5.41) is 5.02. The number of urea groups is 1. The Morgan fingerprint density at radius 2 is 2.32 bits per heavy atom. The van der Waals surface area contributed by atoms with Gasteiger partial charge in [0.1, 0.15) is 0 Å². The van der Waals surface area contributed by atoms with Crippen LogP contribution in [0.4, 0.5) is 4.79 Å². The van der Waals surface area contributed by atoms with Gasteiger partial charge in [-0.3, -0.25) is 0 Å². The van der Waals surface area contributed by atoms with Gasteiger partial charge in [-0.25, -0.2) is 9.59 Å². The highest BCUT2D eigenvalue weighted by molar-refractivity contribution is 7.10. The van der Waals surface area contributed by atoms with E-state index in [-0.39, 0.29) is 24.7 Å². The van der Waals surface area contributed by atoms with E-state index in [2.05, 4.69) is 5.32 Å². The molecule has 1 aromatic heterocycles. The largest absolute Gasteiger partial charge is 0.467 e. The Morgan fingerprint density at radius 3 is 2.91 bits per heavy atom. The molecule has 22 heavy (non-hydrogen) atoms. The number of methoxy groups -OCH3 is 1. The summed E-state index contributed by atoms with van der Waals surface area (Å²) in [7, 11) is 1.32. The van der Waals surface area contributed by atoms with Gasteiger partial charge in [-0.05, 0) is 24.8 Å². The number of amides is 2. The Balaban J connectivity index is 2.00. The van der Waals surface area contributed by atoms with Gasteiger partial charge in [0.25, 0.3) is 0 Å². The molecular weight excluding hydrogens is 304 g/mol. The number of carbonyl (C=O) groups excluding carboxylic acids is 2. The Morgan fingerprint density at radius 1 is 1.55 bits per heavy atom. The van der Waals surface area contributed by atoms with Gasteiger partial charge in [0.05, 0.1) is 25.8 Å². The number of thiophene rings is 1. The second kappa shape index (κ2) is 7.60. The van der Waals surface area contributed by atoms with Crippen LogP contribution in [0.1, 0.15) is 31.2 Å². The molecular formula is C15H22N2O4S. The number of nitrogens with zero attached hydrogens (tertiary/aromatic N) is 1. The van der Waals surface area contributed by atoms with Gasteiger partial charge in [-0.1, -0.05) is 13.0 Å². The minimum absolute atomic E-state index is 0.0118. The smallest absolute Gasteiger partial charge is 0.336 e. The summed E-state index contributed by atoms with van der Waals surface area (Å²) < 4.78 is 10.2. The molecule has 0 radical (unpaired) electrons. The molecule has 1 saturated heterocycles. The quantitative estimate of drug-likeness (QED) is 0.861. The standard InChI is InChI=1S/C15H22N2O4S/c1-4-11(13-6-5-7-22-13)16-15(19)17-8-10(2)21-12(9-17)14(18)20-3/h5-7,10-12H,4,8-9H2,1-3H3,(H,16,19)/t10-,11-,12-/m1/s1. The van der Waals surface area contributed by atoms with E-state index in [4.69, 9.17) is 9.47 Å². The zero-order chi connectivity index (χ0) is 16.1. The van der Waals surface area contributed by atoms with Crippen molar-refractivity contribution in [3.05, 3.63) is 22.4 Å². The second-order valence-electron chi connectivity index (χ2n) is 5.29. The van der Waals surface area contributed by atoms with Crippen LogP contribution in [0.25, 0.3) is 0 Å². The number of morpholine rings is 1. The summed E-state index contributed by atoms with van der Waals surface area (Å²) in [6, 6.07) is 3.79. The van der Waals surface area contributed by atoms with E-state index in [0.717, 1.165) is 11.3 Å². The zero-order valence-electron chi connectivity index (χ0n) is 13.1. The first kappa shape index (κ1) is 16.8. The fraction of sp³-hybridized carbons (Fsp3) is 0.600. The van der Waals surface area contributed by atoms with Crippen LogP contribution in [-0.2, 0) is 14.3 Å². The molecule has 1 aliphatic heterocycles. The van der Waals surface area contributed by atoms with Crippen molar-refractivity contribution in [1.29, 1.82) is 0 Å². The molecule has 0 saturated carbocycles. The molecule has 1 N–H and O–H groups in total. The molecule has 122 valence electrons. The first-order chi connectivity index (χ1) is 10.5. The Kier molecular flexibility index (Phi) is 5.79. The highest BCUT2D eigenvalue weighted by Crippen LogP contribution is 2.22. The zero-order valence-corrected chi connectivity index (χ0v) is 13.9. The first-order valence-corrected chi connectivity index (χ1v) is 8.25. The lowest BCUT2D eigenvalue weighted by Crippen LogP contribution is -2.55. The molecule has 2 heterocycles. The van der Waals surface area contributed by atoms with Crippen molar-refractivity contribution < 1.29 is 19.1 Å². The van der Waals surface area contributed by atoms with Crippen LogP contribution >= 0.6 is 11.3 Å².